The van der Waals surface area contributed by atoms with Gasteiger partial charge in [0.25, 0.3) is 0 Å². The second-order valence-electron chi connectivity index (χ2n) is 4.85. The zero-order valence-corrected chi connectivity index (χ0v) is 13.1. The van der Waals surface area contributed by atoms with Crippen molar-refractivity contribution in [2.75, 3.05) is 0 Å². The molecule has 0 spiro atoms. The fraction of sp³-hybridized carbons (Fsp3) is 0.727. The first-order valence-corrected chi connectivity index (χ1v) is 6.08. The van der Waals surface area contributed by atoms with Crippen molar-refractivity contribution in [2.24, 2.45) is 11.5 Å². The van der Waals surface area contributed by atoms with E-state index in [0.717, 1.165) is 12.8 Å². The third kappa shape index (κ3) is 4.26. The molecule has 0 aromatic rings. The van der Waals surface area contributed by atoms with E-state index in [1.165, 1.54) is 12.8 Å². The molecule has 1 aliphatic heterocycles. The molecule has 2 rings (SSSR count). The maximum atomic E-state index is 10.3. The van der Waals surface area contributed by atoms with Gasteiger partial charge in [-0.25, -0.2) is 9.59 Å². The molecule has 0 aromatic heterocycles. The third-order valence-electron chi connectivity index (χ3n) is 3.38. The maximum Gasteiger partial charge on any atom is 0.341 e. The second kappa shape index (κ2) is 7.71. The average molecular weight is 468 g/mol. The van der Waals surface area contributed by atoms with Gasteiger partial charge in [0.1, 0.15) is 0 Å². The summed E-state index contributed by atoms with van der Waals surface area (Å²) in [5.41, 5.74) is 9.23. The molecular weight excluding hydrogens is 449 g/mol. The number of aliphatic carboxylic acids is 2. The van der Waals surface area contributed by atoms with Crippen LogP contribution in [0.1, 0.15) is 32.1 Å². The van der Waals surface area contributed by atoms with Crippen molar-refractivity contribution in [1.29, 1.82) is 0 Å². The van der Waals surface area contributed by atoms with Crippen molar-refractivity contribution in [3.8, 4) is 0 Å². The predicted octanol–water partition coefficient (Wildman–Crippen LogP) is -1.37. The van der Waals surface area contributed by atoms with Crippen molar-refractivity contribution in [3.63, 3.8) is 0 Å². The second-order valence-corrected chi connectivity index (χ2v) is 4.85. The molecule has 0 bridgehead atoms. The quantitative estimate of drug-likeness (QED) is 0.247. The smallest absolute Gasteiger partial charge is 0.341 e. The number of carboxylic acid groups (broad SMARTS) is 2. The van der Waals surface area contributed by atoms with Crippen molar-refractivity contribution >= 4 is 17.8 Å². The normalized spacial score (nSPS) is 26.8. The van der Waals surface area contributed by atoms with Crippen molar-refractivity contribution in [1.82, 2.24) is 5.32 Å². The molecule has 2 aliphatic rings. The van der Waals surface area contributed by atoms with Crippen LogP contribution in [-0.4, -0.2) is 45.7 Å². The summed E-state index contributed by atoms with van der Waals surface area (Å²) >= 11 is 0. The monoisotopic (exact) mass is 468 g/mol. The van der Waals surface area contributed by atoms with Gasteiger partial charge in [-0.05, 0) is 12.8 Å². The van der Waals surface area contributed by atoms with E-state index in [9.17, 15) is 14.4 Å². The van der Waals surface area contributed by atoms with Crippen molar-refractivity contribution in [3.05, 3.63) is 0 Å². The topological polar surface area (TPSA) is 156 Å². The van der Waals surface area contributed by atoms with Crippen LogP contribution < -0.4 is 16.8 Å². The third-order valence-corrected chi connectivity index (χ3v) is 3.38. The molecule has 8 nitrogen and oxygen atoms in total. The standard InChI is InChI=1S/C6H14N2.C5H5NO5.Pt/c7-5-3-1-2-4-6(5)8;7-2-1-5(6-2,3(8)9)4(10)11;/h5-6H,1-4,7-8H2;1H2,(H,6,7)(H,8,9)(H,10,11);. The van der Waals surface area contributed by atoms with E-state index in [0.29, 0.717) is 0 Å². The van der Waals surface area contributed by atoms with Crippen LogP contribution >= 0.6 is 0 Å². The Hall–Kier alpha value is -0.982. The van der Waals surface area contributed by atoms with E-state index in [2.05, 4.69) is 0 Å². The van der Waals surface area contributed by atoms with Crippen LogP contribution in [0, 0.1) is 0 Å². The van der Waals surface area contributed by atoms with Gasteiger partial charge in [0.05, 0.1) is 6.42 Å². The van der Waals surface area contributed by atoms with Gasteiger partial charge < -0.3 is 27.0 Å². The molecule has 1 amide bonds. The van der Waals surface area contributed by atoms with Gasteiger partial charge in [-0.1, -0.05) is 12.8 Å². The molecule has 9 heteroatoms. The van der Waals surface area contributed by atoms with Crippen LogP contribution in [0.5, 0.6) is 0 Å². The number of nitrogens with one attached hydrogen (secondary N) is 1. The van der Waals surface area contributed by atoms with Crippen LogP contribution in [0.4, 0.5) is 0 Å². The Labute approximate surface area is 130 Å². The van der Waals surface area contributed by atoms with Crippen molar-refractivity contribution in [2.45, 2.75) is 49.7 Å². The molecule has 1 saturated heterocycles. The van der Waals surface area contributed by atoms with Gasteiger partial charge in [0, 0.05) is 33.1 Å². The number of hydrogen-bond donors (Lipinski definition) is 5. The number of carboxylic acids is 2. The van der Waals surface area contributed by atoms with Crippen LogP contribution in [0.2, 0.25) is 0 Å². The van der Waals surface area contributed by atoms with Crippen LogP contribution in [0.25, 0.3) is 0 Å². The van der Waals surface area contributed by atoms with Gasteiger partial charge in [0.2, 0.25) is 11.4 Å². The van der Waals surface area contributed by atoms with E-state index in [-0.39, 0.29) is 33.1 Å². The molecule has 2 fully saturated rings. The van der Waals surface area contributed by atoms with E-state index < -0.39 is 29.8 Å². The fourth-order valence-corrected chi connectivity index (χ4v) is 2.00. The SMILES string of the molecule is NC1CCCCC1N.O=C1CC(C(=O)O)(C(=O)O)N1.[Pt]. The first-order valence-electron chi connectivity index (χ1n) is 6.08. The van der Waals surface area contributed by atoms with Crippen LogP contribution in [0.15, 0.2) is 0 Å². The summed E-state index contributed by atoms with van der Waals surface area (Å²) < 4.78 is 0. The minimum Gasteiger partial charge on any atom is -0.479 e. The number of nitrogens with two attached hydrogens (primary N) is 2. The number of amides is 1. The summed E-state index contributed by atoms with van der Waals surface area (Å²) in [6, 6.07) is 0.562. The predicted molar refractivity (Wildman–Crippen MR) is 65.2 cm³/mol. The molecule has 7 N–H and O–H groups in total. The number of carbonyl (C=O) groups excluding carboxylic acids is 1. The largest absolute Gasteiger partial charge is 0.479 e. The Morgan fingerprint density at radius 2 is 1.45 bits per heavy atom. The summed E-state index contributed by atoms with van der Waals surface area (Å²) in [5, 5.41) is 18.6. The molecule has 2 unspecified atom stereocenters. The summed E-state index contributed by atoms with van der Waals surface area (Å²) in [5.74, 6) is -3.64. The molecule has 0 aromatic carbocycles. The molecule has 1 saturated carbocycles. The molecule has 1 heterocycles. The number of carbonyl (C=O) groups is 3. The minimum absolute atomic E-state index is 0. The van der Waals surface area contributed by atoms with Gasteiger partial charge in [0.15, 0.2) is 0 Å². The number of rotatable bonds is 2. The summed E-state index contributed by atoms with van der Waals surface area (Å²) in [7, 11) is 0. The summed E-state index contributed by atoms with van der Waals surface area (Å²) in [6.45, 7) is 0. The summed E-state index contributed by atoms with van der Waals surface area (Å²) in [4.78, 5) is 30.9. The average Bonchev–Trinajstić information content (AvgIpc) is 2.28. The van der Waals surface area contributed by atoms with Gasteiger partial charge in [-0.15, -0.1) is 0 Å². The molecule has 1 aliphatic carbocycles. The fourth-order valence-electron chi connectivity index (χ4n) is 2.00. The van der Waals surface area contributed by atoms with Gasteiger partial charge >= 0.3 is 11.9 Å². The Morgan fingerprint density at radius 1 is 1.10 bits per heavy atom. The molecule has 2 atom stereocenters. The minimum atomic E-state index is -2.07. The van der Waals surface area contributed by atoms with E-state index >= 15 is 0 Å². The van der Waals surface area contributed by atoms with Crippen LogP contribution in [0.3, 0.4) is 0 Å². The van der Waals surface area contributed by atoms with E-state index in [1.807, 2.05) is 5.32 Å². The zero-order valence-electron chi connectivity index (χ0n) is 10.8. The summed E-state index contributed by atoms with van der Waals surface area (Å²) in [6.07, 6.45) is 4.31. The Balaban J connectivity index is 0.000000359. The number of hydrogen-bond acceptors (Lipinski definition) is 5. The molecule has 20 heavy (non-hydrogen) atoms. The van der Waals surface area contributed by atoms with Crippen molar-refractivity contribution < 1.29 is 45.7 Å². The molecule has 0 radical (unpaired) electrons. The van der Waals surface area contributed by atoms with Gasteiger partial charge in [-0.3, -0.25) is 4.79 Å². The van der Waals surface area contributed by atoms with Gasteiger partial charge in [-0.2, -0.15) is 0 Å². The first-order chi connectivity index (χ1) is 8.79. The Morgan fingerprint density at radius 3 is 1.60 bits per heavy atom. The molecule has 118 valence electrons. The van der Waals surface area contributed by atoms with E-state index in [4.69, 9.17) is 21.7 Å². The Kier molecular flexibility index (Phi) is 7.33. The molecular formula is C11H19N3O5Pt. The number of β-lactam (4-membered cyclic amide) rings is 1. The zero-order chi connectivity index (χ0) is 14.6. The van der Waals surface area contributed by atoms with E-state index in [1.54, 1.807) is 0 Å². The Bertz CT molecular complexity index is 356. The first kappa shape index (κ1) is 19.0. The maximum absolute atomic E-state index is 10.3. The van der Waals surface area contributed by atoms with Crippen LogP contribution in [-0.2, 0) is 35.4 Å².